The Morgan fingerprint density at radius 3 is 2.57 bits per heavy atom. The number of carbonyl (C=O) groups is 2. The molecule has 1 unspecified atom stereocenters. The van der Waals surface area contributed by atoms with Gasteiger partial charge in [-0.2, -0.15) is 0 Å². The molecule has 2 aromatic rings. The molecule has 0 aliphatic carbocycles. The summed E-state index contributed by atoms with van der Waals surface area (Å²) in [5.74, 6) is 0.246. The molecule has 1 fully saturated rings. The summed E-state index contributed by atoms with van der Waals surface area (Å²) in [6.45, 7) is 10.8. The van der Waals surface area contributed by atoms with Crippen LogP contribution >= 0.6 is 11.6 Å². The quantitative estimate of drug-likeness (QED) is 0.504. The Morgan fingerprint density at radius 2 is 1.94 bits per heavy atom. The van der Waals surface area contributed by atoms with Gasteiger partial charge in [0.2, 0.25) is 11.8 Å². The molecule has 1 atom stereocenters. The predicted molar refractivity (Wildman–Crippen MR) is 138 cm³/mol. The van der Waals surface area contributed by atoms with Gasteiger partial charge in [0.25, 0.3) is 0 Å². The van der Waals surface area contributed by atoms with E-state index >= 15 is 0 Å². The average Bonchev–Trinajstić information content (AvgIpc) is 2.78. The number of nitrogens with zero attached hydrogens (tertiary/aromatic N) is 2. The van der Waals surface area contributed by atoms with E-state index in [1.807, 2.05) is 25.7 Å². The van der Waals surface area contributed by atoms with E-state index < -0.39 is 0 Å². The van der Waals surface area contributed by atoms with E-state index in [1.165, 1.54) is 25.1 Å². The van der Waals surface area contributed by atoms with Crippen molar-refractivity contribution in [3.63, 3.8) is 0 Å². The minimum absolute atomic E-state index is 0.0197. The highest BCUT2D eigenvalue weighted by molar-refractivity contribution is 6.32. The number of hydrogen-bond donors (Lipinski definition) is 1. The van der Waals surface area contributed by atoms with E-state index in [2.05, 4.69) is 10.2 Å². The summed E-state index contributed by atoms with van der Waals surface area (Å²) in [5, 5.41) is 3.16. The van der Waals surface area contributed by atoms with Crippen molar-refractivity contribution in [3.8, 4) is 5.75 Å². The lowest BCUT2D eigenvalue weighted by atomic mass is 10.1. The zero-order valence-corrected chi connectivity index (χ0v) is 21.4. The number of halogens is 2. The molecule has 0 saturated carbocycles. The van der Waals surface area contributed by atoms with Crippen LogP contribution in [-0.2, 0) is 16.1 Å². The first-order valence-corrected chi connectivity index (χ1v) is 12.2. The van der Waals surface area contributed by atoms with Crippen LogP contribution in [0, 0.1) is 11.7 Å². The second kappa shape index (κ2) is 12.2. The van der Waals surface area contributed by atoms with Gasteiger partial charge in [-0.25, -0.2) is 4.39 Å². The van der Waals surface area contributed by atoms with E-state index in [4.69, 9.17) is 16.3 Å². The van der Waals surface area contributed by atoms with E-state index in [0.717, 1.165) is 18.7 Å². The fraction of sp³-hybridized carbons (Fsp3) is 0.407. The highest BCUT2D eigenvalue weighted by Crippen LogP contribution is 2.32. The maximum atomic E-state index is 13.2. The molecule has 1 saturated heterocycles. The SMILES string of the molecule is CC(=O)Nc1cc(Cl)c(OCC(C)C)cc1C=CC(=O)N1CCN(Cc2ccc(F)cc2)CC1C. The number of benzene rings is 2. The first kappa shape index (κ1) is 26.7. The highest BCUT2D eigenvalue weighted by Gasteiger charge is 2.26. The number of nitrogens with one attached hydrogen (secondary N) is 1. The van der Waals surface area contributed by atoms with Crippen LogP contribution in [0.1, 0.15) is 38.8 Å². The van der Waals surface area contributed by atoms with E-state index in [1.54, 1.807) is 30.3 Å². The van der Waals surface area contributed by atoms with Crippen molar-refractivity contribution in [2.75, 3.05) is 31.6 Å². The van der Waals surface area contributed by atoms with Crippen molar-refractivity contribution >= 4 is 35.2 Å². The Bertz CT molecular complexity index is 1070. The molecule has 2 amide bonds. The number of hydrogen-bond acceptors (Lipinski definition) is 4. The Morgan fingerprint density at radius 1 is 1.23 bits per heavy atom. The molecule has 0 aromatic heterocycles. The standard InChI is InChI=1S/C27H33ClFN3O3/c1-18(2)17-35-26-13-22(25(14-24(26)28)30-20(4)33)7-10-27(34)32-12-11-31(15-19(32)3)16-21-5-8-23(29)9-6-21/h5-10,13-14,18-19H,11-12,15-17H2,1-4H3,(H,30,33). The minimum Gasteiger partial charge on any atom is -0.492 e. The number of piperazine rings is 1. The molecule has 0 bridgehead atoms. The van der Waals surface area contributed by atoms with E-state index in [-0.39, 0.29) is 23.7 Å². The van der Waals surface area contributed by atoms with Crippen LogP contribution in [0.5, 0.6) is 5.75 Å². The molecule has 188 valence electrons. The third-order valence-electron chi connectivity index (χ3n) is 5.71. The van der Waals surface area contributed by atoms with Gasteiger partial charge in [-0.15, -0.1) is 0 Å². The number of carbonyl (C=O) groups excluding carboxylic acids is 2. The van der Waals surface area contributed by atoms with E-state index in [0.29, 0.717) is 47.6 Å². The zero-order valence-electron chi connectivity index (χ0n) is 20.7. The molecule has 0 radical (unpaired) electrons. The molecular formula is C27H33ClFN3O3. The Balaban J connectivity index is 1.69. The Hall–Kier alpha value is -2.90. The monoisotopic (exact) mass is 501 g/mol. The van der Waals surface area contributed by atoms with Crippen LogP contribution in [0.15, 0.2) is 42.5 Å². The van der Waals surface area contributed by atoms with Crippen molar-refractivity contribution < 1.29 is 18.7 Å². The molecule has 6 nitrogen and oxygen atoms in total. The molecule has 1 heterocycles. The molecule has 0 spiro atoms. The smallest absolute Gasteiger partial charge is 0.246 e. The van der Waals surface area contributed by atoms with Crippen molar-refractivity contribution in [1.29, 1.82) is 0 Å². The van der Waals surface area contributed by atoms with Gasteiger partial charge in [-0.1, -0.05) is 37.6 Å². The van der Waals surface area contributed by atoms with Gasteiger partial charge in [0.05, 0.1) is 11.6 Å². The van der Waals surface area contributed by atoms with Crippen LogP contribution in [0.4, 0.5) is 10.1 Å². The van der Waals surface area contributed by atoms with Gasteiger partial charge >= 0.3 is 0 Å². The topological polar surface area (TPSA) is 61.9 Å². The summed E-state index contributed by atoms with van der Waals surface area (Å²) >= 11 is 6.35. The normalized spacial score (nSPS) is 16.7. The Kier molecular flexibility index (Phi) is 9.29. The summed E-state index contributed by atoms with van der Waals surface area (Å²) in [6.07, 6.45) is 3.21. The zero-order chi connectivity index (χ0) is 25.5. The van der Waals surface area contributed by atoms with Crippen LogP contribution in [0.3, 0.4) is 0 Å². The molecule has 3 rings (SSSR count). The minimum atomic E-state index is -0.245. The molecule has 1 aliphatic rings. The number of anilines is 1. The maximum absolute atomic E-state index is 13.2. The number of amides is 2. The molecule has 1 N–H and O–H groups in total. The summed E-state index contributed by atoms with van der Waals surface area (Å²) in [5.41, 5.74) is 2.20. The second-order valence-electron chi connectivity index (χ2n) is 9.33. The maximum Gasteiger partial charge on any atom is 0.246 e. The van der Waals surface area contributed by atoms with Gasteiger partial charge in [0, 0.05) is 56.5 Å². The van der Waals surface area contributed by atoms with Gasteiger partial charge in [-0.05, 0) is 48.7 Å². The molecule has 2 aromatic carbocycles. The van der Waals surface area contributed by atoms with Crippen molar-refractivity contribution in [2.45, 2.75) is 40.3 Å². The second-order valence-corrected chi connectivity index (χ2v) is 9.74. The van der Waals surface area contributed by atoms with Gasteiger partial charge < -0.3 is 15.0 Å². The van der Waals surface area contributed by atoms with E-state index in [9.17, 15) is 14.0 Å². The number of rotatable bonds is 8. The Labute approximate surface area is 211 Å². The predicted octanol–water partition coefficient (Wildman–Crippen LogP) is 5.22. The van der Waals surface area contributed by atoms with Crippen LogP contribution in [-0.4, -0.2) is 53.9 Å². The van der Waals surface area contributed by atoms with Gasteiger partial charge in [-0.3, -0.25) is 14.5 Å². The van der Waals surface area contributed by atoms with Crippen LogP contribution in [0.2, 0.25) is 5.02 Å². The summed E-state index contributed by atoms with van der Waals surface area (Å²) < 4.78 is 19.0. The lowest BCUT2D eigenvalue weighted by molar-refractivity contribution is -0.130. The fourth-order valence-electron chi connectivity index (χ4n) is 3.98. The molecule has 1 aliphatic heterocycles. The van der Waals surface area contributed by atoms with Crippen molar-refractivity contribution in [2.24, 2.45) is 5.92 Å². The third kappa shape index (κ3) is 7.80. The van der Waals surface area contributed by atoms with Crippen LogP contribution < -0.4 is 10.1 Å². The summed E-state index contributed by atoms with van der Waals surface area (Å²) in [6, 6.07) is 9.91. The fourth-order valence-corrected chi connectivity index (χ4v) is 4.20. The number of ether oxygens (including phenoxy) is 1. The first-order chi connectivity index (χ1) is 16.6. The van der Waals surface area contributed by atoms with Crippen molar-refractivity contribution in [1.82, 2.24) is 9.80 Å². The molecular weight excluding hydrogens is 469 g/mol. The summed E-state index contributed by atoms with van der Waals surface area (Å²) in [4.78, 5) is 28.8. The highest BCUT2D eigenvalue weighted by atomic mass is 35.5. The van der Waals surface area contributed by atoms with Gasteiger partial charge in [0.15, 0.2) is 0 Å². The lowest BCUT2D eigenvalue weighted by Gasteiger charge is -2.39. The van der Waals surface area contributed by atoms with Crippen molar-refractivity contribution in [3.05, 3.63) is 64.4 Å². The first-order valence-electron chi connectivity index (χ1n) is 11.8. The average molecular weight is 502 g/mol. The third-order valence-corrected chi connectivity index (χ3v) is 6.00. The summed E-state index contributed by atoms with van der Waals surface area (Å²) in [7, 11) is 0. The van der Waals surface area contributed by atoms with Crippen LogP contribution in [0.25, 0.3) is 6.08 Å². The van der Waals surface area contributed by atoms with Gasteiger partial charge in [0.1, 0.15) is 11.6 Å². The molecule has 35 heavy (non-hydrogen) atoms. The largest absolute Gasteiger partial charge is 0.492 e. The molecule has 8 heteroatoms. The lowest BCUT2D eigenvalue weighted by Crippen LogP contribution is -2.53.